The second kappa shape index (κ2) is 7.47. The van der Waals surface area contributed by atoms with Crippen molar-refractivity contribution in [3.8, 4) is 0 Å². The van der Waals surface area contributed by atoms with Gasteiger partial charge >= 0.3 is 5.97 Å². The number of carbonyl (C=O) groups is 2. The third kappa shape index (κ3) is 4.34. The van der Waals surface area contributed by atoms with Crippen LogP contribution in [0.5, 0.6) is 0 Å². The Kier molecular flexibility index (Phi) is 5.37. The molecule has 2 aromatic rings. The van der Waals surface area contributed by atoms with Gasteiger partial charge in [-0.25, -0.2) is 0 Å². The number of amides is 1. The molecule has 21 heavy (non-hydrogen) atoms. The summed E-state index contributed by atoms with van der Waals surface area (Å²) in [7, 11) is 1.36. The van der Waals surface area contributed by atoms with Gasteiger partial charge in [-0.1, -0.05) is 18.2 Å². The summed E-state index contributed by atoms with van der Waals surface area (Å²) < 4.78 is 6.61. The van der Waals surface area contributed by atoms with Crippen LogP contribution in [-0.4, -0.2) is 30.1 Å². The van der Waals surface area contributed by atoms with Crippen molar-refractivity contribution >= 4 is 22.8 Å². The van der Waals surface area contributed by atoms with Crippen LogP contribution in [0.2, 0.25) is 0 Å². The lowest BCUT2D eigenvalue weighted by Crippen LogP contribution is -2.25. The highest BCUT2D eigenvalue weighted by molar-refractivity contribution is 5.80. The van der Waals surface area contributed by atoms with Gasteiger partial charge < -0.3 is 14.6 Å². The number of carbonyl (C=O) groups excluding carboxylic acids is 2. The number of ether oxygens (including phenoxy) is 1. The van der Waals surface area contributed by atoms with Gasteiger partial charge in [-0.3, -0.25) is 9.59 Å². The maximum Gasteiger partial charge on any atom is 0.305 e. The molecule has 1 aromatic heterocycles. The molecule has 0 saturated carbocycles. The van der Waals surface area contributed by atoms with E-state index >= 15 is 0 Å². The molecule has 0 radical (unpaired) electrons. The van der Waals surface area contributed by atoms with E-state index in [4.69, 9.17) is 0 Å². The molecule has 0 aliphatic heterocycles. The number of nitrogens with zero attached hydrogens (tertiary/aromatic N) is 1. The number of para-hydroxylation sites is 1. The topological polar surface area (TPSA) is 60.3 Å². The summed E-state index contributed by atoms with van der Waals surface area (Å²) in [5.41, 5.74) is 1.14. The first-order chi connectivity index (χ1) is 10.2. The molecular weight excluding hydrogens is 268 g/mol. The Morgan fingerprint density at radius 1 is 1.19 bits per heavy atom. The van der Waals surface area contributed by atoms with Gasteiger partial charge in [-0.2, -0.15) is 0 Å². The maximum atomic E-state index is 11.7. The molecule has 0 fully saturated rings. The van der Waals surface area contributed by atoms with Crippen molar-refractivity contribution in [3.63, 3.8) is 0 Å². The number of hydrogen-bond acceptors (Lipinski definition) is 3. The van der Waals surface area contributed by atoms with Crippen molar-refractivity contribution < 1.29 is 14.3 Å². The number of benzene rings is 1. The Hall–Kier alpha value is -2.30. The fraction of sp³-hybridized carbons (Fsp3) is 0.375. The number of nitrogens with one attached hydrogen (secondary N) is 1. The summed E-state index contributed by atoms with van der Waals surface area (Å²) in [6, 6.07) is 10.1. The van der Waals surface area contributed by atoms with Gasteiger partial charge in [0.05, 0.1) is 7.11 Å². The molecule has 112 valence electrons. The second-order valence-electron chi connectivity index (χ2n) is 4.85. The minimum Gasteiger partial charge on any atom is -0.469 e. The third-order valence-corrected chi connectivity index (χ3v) is 3.37. The summed E-state index contributed by atoms with van der Waals surface area (Å²) in [6.45, 7) is 1.15. The molecule has 5 heteroatoms. The first-order valence-corrected chi connectivity index (χ1v) is 7.08. The lowest BCUT2D eigenvalue weighted by Gasteiger charge is -2.07. The van der Waals surface area contributed by atoms with Crippen LogP contribution < -0.4 is 5.32 Å². The highest BCUT2D eigenvalue weighted by atomic mass is 16.5. The largest absolute Gasteiger partial charge is 0.469 e. The van der Waals surface area contributed by atoms with Crippen LogP contribution in [0.1, 0.15) is 19.3 Å². The van der Waals surface area contributed by atoms with Crippen LogP contribution in [-0.2, 0) is 20.9 Å². The zero-order chi connectivity index (χ0) is 15.1. The Morgan fingerprint density at radius 2 is 2.00 bits per heavy atom. The lowest BCUT2D eigenvalue weighted by molar-refractivity contribution is -0.140. The zero-order valence-electron chi connectivity index (χ0n) is 12.2. The molecule has 1 aromatic carbocycles. The van der Waals surface area contributed by atoms with Gasteiger partial charge in [0.25, 0.3) is 0 Å². The molecule has 0 aliphatic carbocycles. The van der Waals surface area contributed by atoms with Gasteiger partial charge in [0.2, 0.25) is 5.91 Å². The number of hydrogen-bond donors (Lipinski definition) is 1. The molecule has 5 nitrogen and oxygen atoms in total. The standard InChI is InChI=1S/C16H20N2O3/c1-21-16(20)7-4-10-17-15(19)9-12-18-11-8-13-5-2-3-6-14(13)18/h2-3,5-6,8,11H,4,7,9-10,12H2,1H3,(H,17,19). The van der Waals surface area contributed by atoms with E-state index in [0.717, 1.165) is 5.52 Å². The van der Waals surface area contributed by atoms with Crippen molar-refractivity contribution in [3.05, 3.63) is 36.5 Å². The minimum atomic E-state index is -0.247. The maximum absolute atomic E-state index is 11.7. The molecule has 2 rings (SSSR count). The molecule has 0 atom stereocenters. The fourth-order valence-corrected chi connectivity index (χ4v) is 2.21. The van der Waals surface area contributed by atoms with E-state index < -0.39 is 0 Å². The lowest BCUT2D eigenvalue weighted by atomic mass is 10.2. The van der Waals surface area contributed by atoms with Crippen molar-refractivity contribution in [1.82, 2.24) is 9.88 Å². The predicted octanol–water partition coefficient (Wildman–Crippen LogP) is 2.10. The molecule has 0 spiro atoms. The number of aryl methyl sites for hydroxylation is 1. The van der Waals surface area contributed by atoms with E-state index in [9.17, 15) is 9.59 Å². The monoisotopic (exact) mass is 288 g/mol. The van der Waals surface area contributed by atoms with E-state index in [0.29, 0.717) is 32.4 Å². The SMILES string of the molecule is COC(=O)CCCNC(=O)CCn1ccc2ccccc21. The fourth-order valence-electron chi connectivity index (χ4n) is 2.21. The second-order valence-corrected chi connectivity index (χ2v) is 4.85. The average molecular weight is 288 g/mol. The molecule has 0 unspecified atom stereocenters. The quantitative estimate of drug-likeness (QED) is 0.627. The Balaban J connectivity index is 1.73. The van der Waals surface area contributed by atoms with Crippen molar-refractivity contribution in [2.45, 2.75) is 25.8 Å². The summed E-state index contributed by atoms with van der Waals surface area (Å²) >= 11 is 0. The molecule has 0 saturated heterocycles. The van der Waals surface area contributed by atoms with Gasteiger partial charge in [0.15, 0.2) is 0 Å². The van der Waals surface area contributed by atoms with Crippen LogP contribution in [0.25, 0.3) is 10.9 Å². The van der Waals surface area contributed by atoms with E-state index in [1.165, 1.54) is 12.5 Å². The number of methoxy groups -OCH3 is 1. The van der Waals surface area contributed by atoms with E-state index in [1.54, 1.807) is 0 Å². The highest BCUT2D eigenvalue weighted by Gasteiger charge is 2.05. The molecular formula is C16H20N2O3. The van der Waals surface area contributed by atoms with Gasteiger partial charge in [-0.05, 0) is 23.9 Å². The van der Waals surface area contributed by atoms with Crippen LogP contribution in [0.3, 0.4) is 0 Å². The van der Waals surface area contributed by atoms with Crippen molar-refractivity contribution in [2.75, 3.05) is 13.7 Å². The molecule has 1 heterocycles. The van der Waals surface area contributed by atoms with E-state index in [-0.39, 0.29) is 11.9 Å². The number of esters is 1. The number of rotatable bonds is 7. The van der Waals surface area contributed by atoms with Crippen LogP contribution in [0, 0.1) is 0 Å². The van der Waals surface area contributed by atoms with E-state index in [1.807, 2.05) is 30.5 Å². The highest BCUT2D eigenvalue weighted by Crippen LogP contribution is 2.15. The van der Waals surface area contributed by atoms with Gasteiger partial charge in [0, 0.05) is 37.6 Å². The smallest absolute Gasteiger partial charge is 0.305 e. The normalized spacial score (nSPS) is 10.5. The number of fused-ring (bicyclic) bond motifs is 1. The average Bonchev–Trinajstić information content (AvgIpc) is 2.92. The summed E-state index contributed by atoms with van der Waals surface area (Å²) in [5, 5.41) is 3.99. The van der Waals surface area contributed by atoms with Gasteiger partial charge in [-0.15, -0.1) is 0 Å². The first-order valence-electron chi connectivity index (χ1n) is 7.08. The molecule has 0 bridgehead atoms. The summed E-state index contributed by atoms with van der Waals surface area (Å²) in [6.07, 6.45) is 3.36. The third-order valence-electron chi connectivity index (χ3n) is 3.37. The Labute approximate surface area is 123 Å². The summed E-state index contributed by atoms with van der Waals surface area (Å²) in [4.78, 5) is 22.7. The molecule has 1 N–H and O–H groups in total. The summed E-state index contributed by atoms with van der Waals surface area (Å²) in [5.74, 6) is -0.249. The molecule has 1 amide bonds. The van der Waals surface area contributed by atoms with Gasteiger partial charge in [0.1, 0.15) is 0 Å². The molecule has 0 aliphatic rings. The van der Waals surface area contributed by atoms with Crippen molar-refractivity contribution in [2.24, 2.45) is 0 Å². The first kappa shape index (κ1) is 15.1. The van der Waals surface area contributed by atoms with Crippen LogP contribution in [0.4, 0.5) is 0 Å². The van der Waals surface area contributed by atoms with Crippen LogP contribution >= 0.6 is 0 Å². The van der Waals surface area contributed by atoms with E-state index in [2.05, 4.69) is 20.7 Å². The predicted molar refractivity (Wildman–Crippen MR) is 80.8 cm³/mol. The Bertz CT molecular complexity index is 619. The minimum absolute atomic E-state index is 0.00218. The zero-order valence-corrected chi connectivity index (χ0v) is 12.2. The van der Waals surface area contributed by atoms with Crippen LogP contribution in [0.15, 0.2) is 36.5 Å². The number of aromatic nitrogens is 1. The Morgan fingerprint density at radius 3 is 2.81 bits per heavy atom. The van der Waals surface area contributed by atoms with Crippen molar-refractivity contribution in [1.29, 1.82) is 0 Å².